The SMILES string of the molecule is CCCNC1COCC1C(=O)Nc1cc(F)cc(F)c1. The van der Waals surface area contributed by atoms with E-state index in [1.54, 1.807) is 0 Å². The number of anilines is 1. The Hall–Kier alpha value is -1.53. The first-order valence-corrected chi connectivity index (χ1v) is 6.68. The van der Waals surface area contributed by atoms with Crippen molar-refractivity contribution in [3.8, 4) is 0 Å². The molecule has 110 valence electrons. The van der Waals surface area contributed by atoms with E-state index in [1.165, 1.54) is 0 Å². The highest BCUT2D eigenvalue weighted by molar-refractivity contribution is 5.93. The van der Waals surface area contributed by atoms with Crippen LogP contribution in [0.3, 0.4) is 0 Å². The molecule has 0 radical (unpaired) electrons. The second-order valence-electron chi connectivity index (χ2n) is 4.85. The van der Waals surface area contributed by atoms with Crippen molar-refractivity contribution in [2.75, 3.05) is 25.1 Å². The molecule has 1 fully saturated rings. The molecule has 1 aliphatic rings. The first-order chi connectivity index (χ1) is 9.60. The summed E-state index contributed by atoms with van der Waals surface area (Å²) in [7, 11) is 0. The first-order valence-electron chi connectivity index (χ1n) is 6.68. The Morgan fingerprint density at radius 3 is 2.65 bits per heavy atom. The molecule has 2 atom stereocenters. The molecule has 1 amide bonds. The quantitative estimate of drug-likeness (QED) is 0.868. The molecule has 0 bridgehead atoms. The lowest BCUT2D eigenvalue weighted by Crippen LogP contribution is -2.41. The molecule has 20 heavy (non-hydrogen) atoms. The van der Waals surface area contributed by atoms with Crippen LogP contribution < -0.4 is 10.6 Å². The van der Waals surface area contributed by atoms with E-state index >= 15 is 0 Å². The molecule has 2 N–H and O–H groups in total. The molecule has 6 heteroatoms. The van der Waals surface area contributed by atoms with Gasteiger partial charge in [0, 0.05) is 17.8 Å². The summed E-state index contributed by atoms with van der Waals surface area (Å²) in [4.78, 5) is 12.1. The second-order valence-corrected chi connectivity index (χ2v) is 4.85. The van der Waals surface area contributed by atoms with Gasteiger partial charge < -0.3 is 15.4 Å². The van der Waals surface area contributed by atoms with E-state index < -0.39 is 11.6 Å². The van der Waals surface area contributed by atoms with E-state index in [0.29, 0.717) is 13.2 Å². The van der Waals surface area contributed by atoms with Gasteiger partial charge in [0.25, 0.3) is 0 Å². The van der Waals surface area contributed by atoms with E-state index in [2.05, 4.69) is 10.6 Å². The van der Waals surface area contributed by atoms with Crippen LogP contribution >= 0.6 is 0 Å². The van der Waals surface area contributed by atoms with Crippen molar-refractivity contribution < 1.29 is 18.3 Å². The molecule has 0 aromatic heterocycles. The number of amides is 1. The zero-order chi connectivity index (χ0) is 14.5. The Balaban J connectivity index is 1.99. The van der Waals surface area contributed by atoms with Gasteiger partial charge in [0.15, 0.2) is 0 Å². The van der Waals surface area contributed by atoms with Gasteiger partial charge in [-0.2, -0.15) is 0 Å². The van der Waals surface area contributed by atoms with Crippen LogP contribution in [0.15, 0.2) is 18.2 Å². The predicted molar refractivity (Wildman–Crippen MR) is 71.4 cm³/mol. The lowest BCUT2D eigenvalue weighted by molar-refractivity contribution is -0.120. The normalized spacial score (nSPS) is 21.9. The summed E-state index contributed by atoms with van der Waals surface area (Å²) in [6.45, 7) is 3.61. The Morgan fingerprint density at radius 2 is 2.00 bits per heavy atom. The lowest BCUT2D eigenvalue weighted by Gasteiger charge is -2.18. The highest BCUT2D eigenvalue weighted by atomic mass is 19.1. The minimum Gasteiger partial charge on any atom is -0.379 e. The average Bonchev–Trinajstić information content (AvgIpc) is 2.83. The van der Waals surface area contributed by atoms with Gasteiger partial charge >= 0.3 is 0 Å². The Bertz CT molecular complexity index is 462. The number of ether oxygens (including phenoxy) is 1. The fourth-order valence-electron chi connectivity index (χ4n) is 2.20. The zero-order valence-corrected chi connectivity index (χ0v) is 11.3. The number of hydrogen-bond donors (Lipinski definition) is 2. The van der Waals surface area contributed by atoms with Crippen molar-refractivity contribution in [3.05, 3.63) is 29.8 Å². The summed E-state index contributed by atoms with van der Waals surface area (Å²) in [6.07, 6.45) is 0.958. The van der Waals surface area contributed by atoms with Crippen molar-refractivity contribution in [2.24, 2.45) is 5.92 Å². The van der Waals surface area contributed by atoms with E-state index in [0.717, 1.165) is 31.2 Å². The molecule has 1 aliphatic heterocycles. The van der Waals surface area contributed by atoms with Gasteiger partial charge in [-0.25, -0.2) is 8.78 Å². The molecular weight excluding hydrogens is 266 g/mol. The lowest BCUT2D eigenvalue weighted by atomic mass is 10.0. The van der Waals surface area contributed by atoms with E-state index in [1.807, 2.05) is 6.92 Å². The van der Waals surface area contributed by atoms with Crippen LogP contribution in [0.4, 0.5) is 14.5 Å². The standard InChI is InChI=1S/C14H18F2N2O2/c1-2-3-17-13-8-20-7-12(13)14(19)18-11-5-9(15)4-10(16)6-11/h4-6,12-13,17H,2-3,7-8H2,1H3,(H,18,19). The van der Waals surface area contributed by atoms with Crippen LogP contribution in [-0.2, 0) is 9.53 Å². The number of carbonyl (C=O) groups is 1. The molecule has 0 saturated carbocycles. The topological polar surface area (TPSA) is 50.4 Å². The van der Waals surface area contributed by atoms with Gasteiger partial charge in [-0.1, -0.05) is 6.92 Å². The fourth-order valence-corrected chi connectivity index (χ4v) is 2.20. The van der Waals surface area contributed by atoms with E-state index in [9.17, 15) is 13.6 Å². The van der Waals surface area contributed by atoms with Gasteiger partial charge in [0.05, 0.1) is 19.1 Å². The summed E-state index contributed by atoms with van der Waals surface area (Å²) in [5, 5.41) is 5.77. The summed E-state index contributed by atoms with van der Waals surface area (Å²) >= 11 is 0. The molecule has 1 saturated heterocycles. The number of rotatable bonds is 5. The minimum absolute atomic E-state index is 0.0617. The first kappa shape index (κ1) is 14.9. The molecule has 0 spiro atoms. The van der Waals surface area contributed by atoms with Gasteiger partial charge in [-0.15, -0.1) is 0 Å². The maximum absolute atomic E-state index is 13.1. The third-order valence-electron chi connectivity index (χ3n) is 3.20. The van der Waals surface area contributed by atoms with Crippen molar-refractivity contribution in [2.45, 2.75) is 19.4 Å². The Kier molecular flexibility index (Phi) is 5.03. The summed E-state index contributed by atoms with van der Waals surface area (Å²) < 4.78 is 31.4. The molecule has 2 unspecified atom stereocenters. The Morgan fingerprint density at radius 1 is 1.30 bits per heavy atom. The van der Waals surface area contributed by atoms with Crippen molar-refractivity contribution in [3.63, 3.8) is 0 Å². The second kappa shape index (κ2) is 6.76. The van der Waals surface area contributed by atoms with Crippen LogP contribution in [0.5, 0.6) is 0 Å². The summed E-state index contributed by atoms with van der Waals surface area (Å²) in [5.41, 5.74) is 0.119. The third kappa shape index (κ3) is 3.74. The van der Waals surface area contributed by atoms with Crippen LogP contribution in [0.25, 0.3) is 0 Å². The number of nitrogens with one attached hydrogen (secondary N) is 2. The van der Waals surface area contributed by atoms with Gasteiger partial charge in [-0.05, 0) is 25.1 Å². The fraction of sp³-hybridized carbons (Fsp3) is 0.500. The molecule has 1 aromatic carbocycles. The van der Waals surface area contributed by atoms with E-state index in [4.69, 9.17) is 4.74 Å². The maximum Gasteiger partial charge on any atom is 0.231 e. The van der Waals surface area contributed by atoms with Crippen molar-refractivity contribution in [1.29, 1.82) is 0 Å². The predicted octanol–water partition coefficient (Wildman–Crippen LogP) is 1.92. The largest absolute Gasteiger partial charge is 0.379 e. The average molecular weight is 284 g/mol. The van der Waals surface area contributed by atoms with Gasteiger partial charge in [0.1, 0.15) is 11.6 Å². The van der Waals surface area contributed by atoms with E-state index in [-0.39, 0.29) is 23.6 Å². The van der Waals surface area contributed by atoms with Crippen LogP contribution in [-0.4, -0.2) is 31.7 Å². The van der Waals surface area contributed by atoms with Gasteiger partial charge in [-0.3, -0.25) is 4.79 Å². The molecule has 2 rings (SSSR count). The molecule has 1 aromatic rings. The Labute approximate surface area is 116 Å². The minimum atomic E-state index is -0.719. The zero-order valence-electron chi connectivity index (χ0n) is 11.3. The highest BCUT2D eigenvalue weighted by Crippen LogP contribution is 2.18. The molecule has 4 nitrogen and oxygen atoms in total. The number of carbonyl (C=O) groups excluding carboxylic acids is 1. The maximum atomic E-state index is 13.1. The highest BCUT2D eigenvalue weighted by Gasteiger charge is 2.33. The van der Waals surface area contributed by atoms with Crippen molar-refractivity contribution in [1.82, 2.24) is 5.32 Å². The van der Waals surface area contributed by atoms with Gasteiger partial charge in [0.2, 0.25) is 5.91 Å². The van der Waals surface area contributed by atoms with Crippen LogP contribution in [0.1, 0.15) is 13.3 Å². The number of benzene rings is 1. The summed E-state index contributed by atoms with van der Waals surface area (Å²) in [5.74, 6) is -2.08. The summed E-state index contributed by atoms with van der Waals surface area (Å²) in [6, 6.07) is 2.88. The smallest absolute Gasteiger partial charge is 0.231 e. The monoisotopic (exact) mass is 284 g/mol. The van der Waals surface area contributed by atoms with Crippen molar-refractivity contribution >= 4 is 11.6 Å². The molecular formula is C14H18F2N2O2. The van der Waals surface area contributed by atoms with Crippen LogP contribution in [0.2, 0.25) is 0 Å². The number of halogens is 2. The number of hydrogen-bond acceptors (Lipinski definition) is 3. The molecule has 0 aliphatic carbocycles. The molecule has 1 heterocycles. The third-order valence-corrected chi connectivity index (χ3v) is 3.20. The van der Waals surface area contributed by atoms with Crippen LogP contribution in [0, 0.1) is 17.6 Å².